The summed E-state index contributed by atoms with van der Waals surface area (Å²) >= 11 is 0. The van der Waals surface area contributed by atoms with Gasteiger partial charge in [0.2, 0.25) is 0 Å². The molecule has 5 nitrogen and oxygen atoms in total. The Morgan fingerprint density at radius 3 is 2.71 bits per heavy atom. The molecule has 1 aliphatic rings. The van der Waals surface area contributed by atoms with E-state index in [1.54, 1.807) is 0 Å². The molecule has 1 atom stereocenters. The number of ether oxygens (including phenoxy) is 1. The van der Waals surface area contributed by atoms with Gasteiger partial charge in [0, 0.05) is 5.54 Å². The molecule has 1 heterocycles. The highest BCUT2D eigenvalue weighted by atomic mass is 32.2. The van der Waals surface area contributed by atoms with Crippen LogP contribution in [-0.4, -0.2) is 38.5 Å². The molecule has 6 heteroatoms. The van der Waals surface area contributed by atoms with E-state index in [1.807, 2.05) is 0 Å². The smallest absolute Gasteiger partial charge is 0.307 e. The fourth-order valence-corrected chi connectivity index (χ4v) is 3.58. The number of rotatable bonds is 2. The second-order valence-electron chi connectivity index (χ2n) is 3.81. The lowest BCUT2D eigenvalue weighted by atomic mass is 9.93. The molecule has 0 radical (unpaired) electrons. The molecule has 1 unspecified atom stereocenters. The van der Waals surface area contributed by atoms with Crippen LogP contribution in [-0.2, 0) is 19.4 Å². The third-order valence-electron chi connectivity index (χ3n) is 2.36. The van der Waals surface area contributed by atoms with Crippen LogP contribution in [0.4, 0.5) is 0 Å². The molecular weight excluding hydrogens is 206 g/mol. The van der Waals surface area contributed by atoms with Crippen LogP contribution in [0.25, 0.3) is 0 Å². The van der Waals surface area contributed by atoms with Gasteiger partial charge in [-0.15, -0.1) is 0 Å². The molecule has 1 aliphatic heterocycles. The molecule has 1 rings (SSSR count). The fraction of sp³-hybridized carbons (Fsp3) is 0.875. The Morgan fingerprint density at radius 1 is 1.57 bits per heavy atom. The van der Waals surface area contributed by atoms with Crippen molar-refractivity contribution in [2.24, 2.45) is 5.73 Å². The minimum Gasteiger partial charge on any atom is -0.469 e. The predicted octanol–water partition coefficient (Wildman–Crippen LogP) is -0.544. The summed E-state index contributed by atoms with van der Waals surface area (Å²) in [6.45, 7) is 0. The molecule has 1 saturated heterocycles. The van der Waals surface area contributed by atoms with Crippen LogP contribution >= 0.6 is 0 Å². The Bertz CT molecular complexity index is 324. The summed E-state index contributed by atoms with van der Waals surface area (Å²) in [6.07, 6.45) is 1.06. The Labute approximate surface area is 83.5 Å². The maximum absolute atomic E-state index is 11.3. The molecule has 2 N–H and O–H groups in total. The zero-order valence-electron chi connectivity index (χ0n) is 8.15. The van der Waals surface area contributed by atoms with Crippen LogP contribution in [0.3, 0.4) is 0 Å². The molecule has 0 aromatic heterocycles. The third kappa shape index (κ3) is 2.95. The fourth-order valence-electron chi connectivity index (χ4n) is 1.73. The molecule has 0 aliphatic carbocycles. The highest BCUT2D eigenvalue weighted by Crippen LogP contribution is 2.23. The van der Waals surface area contributed by atoms with E-state index in [0.717, 1.165) is 0 Å². The summed E-state index contributed by atoms with van der Waals surface area (Å²) in [7, 11) is -1.81. The molecule has 0 spiro atoms. The monoisotopic (exact) mass is 221 g/mol. The molecule has 82 valence electrons. The van der Waals surface area contributed by atoms with Crippen molar-refractivity contribution < 1.29 is 17.9 Å². The van der Waals surface area contributed by atoms with Gasteiger partial charge in [0.05, 0.1) is 25.0 Å². The topological polar surface area (TPSA) is 86.5 Å². The van der Waals surface area contributed by atoms with Crippen LogP contribution < -0.4 is 5.73 Å². The van der Waals surface area contributed by atoms with Crippen molar-refractivity contribution in [3.63, 3.8) is 0 Å². The summed E-state index contributed by atoms with van der Waals surface area (Å²) in [5, 5.41) is 0. The minimum atomic E-state index is -3.08. The molecule has 0 saturated carbocycles. The zero-order valence-corrected chi connectivity index (χ0v) is 8.97. The molecule has 0 aromatic carbocycles. The number of methoxy groups -OCH3 is 1. The van der Waals surface area contributed by atoms with E-state index in [1.165, 1.54) is 7.11 Å². The predicted molar refractivity (Wildman–Crippen MR) is 51.4 cm³/mol. The van der Waals surface area contributed by atoms with Crippen LogP contribution in [0.15, 0.2) is 0 Å². The van der Waals surface area contributed by atoms with Gasteiger partial charge >= 0.3 is 5.97 Å². The van der Waals surface area contributed by atoms with Crippen molar-refractivity contribution in [2.45, 2.75) is 24.8 Å². The lowest BCUT2D eigenvalue weighted by Crippen LogP contribution is -2.51. The molecule has 0 amide bonds. The standard InChI is InChI=1S/C8H15NO4S/c1-13-7(10)5-8(9)3-2-4-14(11,12)6-8/h2-6,9H2,1H3. The third-order valence-corrected chi connectivity index (χ3v) is 4.29. The van der Waals surface area contributed by atoms with Crippen molar-refractivity contribution in [1.82, 2.24) is 0 Å². The summed E-state index contributed by atoms with van der Waals surface area (Å²) in [5.41, 5.74) is 4.90. The van der Waals surface area contributed by atoms with E-state index in [9.17, 15) is 13.2 Å². The van der Waals surface area contributed by atoms with E-state index in [4.69, 9.17) is 5.73 Å². The van der Waals surface area contributed by atoms with Gasteiger partial charge in [0.15, 0.2) is 9.84 Å². The van der Waals surface area contributed by atoms with Gasteiger partial charge < -0.3 is 10.5 Å². The average Bonchev–Trinajstić information content (AvgIpc) is 2.00. The molecular formula is C8H15NO4S. The van der Waals surface area contributed by atoms with Gasteiger partial charge in [-0.25, -0.2) is 8.42 Å². The Hall–Kier alpha value is -0.620. The van der Waals surface area contributed by atoms with Gasteiger partial charge in [-0.2, -0.15) is 0 Å². The lowest BCUT2D eigenvalue weighted by Gasteiger charge is -2.31. The van der Waals surface area contributed by atoms with Crippen molar-refractivity contribution in [3.8, 4) is 0 Å². The van der Waals surface area contributed by atoms with Gasteiger partial charge in [-0.3, -0.25) is 4.79 Å². The number of sulfone groups is 1. The van der Waals surface area contributed by atoms with E-state index >= 15 is 0 Å². The number of carbonyl (C=O) groups excluding carboxylic acids is 1. The summed E-state index contributed by atoms with van der Waals surface area (Å²) in [4.78, 5) is 11.0. The minimum absolute atomic E-state index is 0.0251. The second-order valence-corrected chi connectivity index (χ2v) is 5.99. The van der Waals surface area contributed by atoms with Gasteiger partial charge in [0.25, 0.3) is 0 Å². The quantitative estimate of drug-likeness (QED) is 0.632. The first kappa shape index (κ1) is 11.5. The molecule has 14 heavy (non-hydrogen) atoms. The maximum atomic E-state index is 11.3. The number of carbonyl (C=O) groups is 1. The van der Waals surface area contributed by atoms with Crippen LogP contribution in [0.1, 0.15) is 19.3 Å². The highest BCUT2D eigenvalue weighted by molar-refractivity contribution is 7.91. The van der Waals surface area contributed by atoms with E-state index in [0.29, 0.717) is 12.8 Å². The number of nitrogens with two attached hydrogens (primary N) is 1. The van der Waals surface area contributed by atoms with Crippen LogP contribution in [0, 0.1) is 0 Å². The highest BCUT2D eigenvalue weighted by Gasteiger charge is 2.37. The first-order chi connectivity index (χ1) is 6.37. The zero-order chi connectivity index (χ0) is 10.8. The Kier molecular flexibility index (Phi) is 3.16. The van der Waals surface area contributed by atoms with Gasteiger partial charge in [-0.1, -0.05) is 0 Å². The van der Waals surface area contributed by atoms with Crippen LogP contribution in [0.2, 0.25) is 0 Å². The van der Waals surface area contributed by atoms with Crippen molar-refractivity contribution >= 4 is 15.8 Å². The second kappa shape index (κ2) is 3.86. The van der Waals surface area contributed by atoms with Crippen molar-refractivity contribution in [3.05, 3.63) is 0 Å². The molecule has 0 bridgehead atoms. The Morgan fingerprint density at radius 2 is 2.21 bits per heavy atom. The largest absolute Gasteiger partial charge is 0.469 e. The van der Waals surface area contributed by atoms with E-state index in [2.05, 4.69) is 4.74 Å². The molecule has 1 fully saturated rings. The van der Waals surface area contributed by atoms with E-state index in [-0.39, 0.29) is 17.9 Å². The average molecular weight is 221 g/mol. The SMILES string of the molecule is COC(=O)CC1(N)CCCS(=O)(=O)C1. The normalized spacial score (nSPS) is 31.0. The lowest BCUT2D eigenvalue weighted by molar-refractivity contribution is -0.141. The number of hydrogen-bond donors (Lipinski definition) is 1. The van der Waals surface area contributed by atoms with Crippen LogP contribution in [0.5, 0.6) is 0 Å². The first-order valence-corrected chi connectivity index (χ1v) is 6.25. The van der Waals surface area contributed by atoms with E-state index < -0.39 is 21.3 Å². The maximum Gasteiger partial charge on any atom is 0.307 e. The summed E-state index contributed by atoms with van der Waals surface area (Å²) in [5.74, 6) is -0.396. The van der Waals surface area contributed by atoms with Crippen molar-refractivity contribution in [1.29, 1.82) is 0 Å². The molecule has 0 aromatic rings. The first-order valence-electron chi connectivity index (χ1n) is 4.43. The number of hydrogen-bond acceptors (Lipinski definition) is 5. The Balaban J connectivity index is 2.69. The summed E-state index contributed by atoms with van der Waals surface area (Å²) in [6, 6.07) is 0. The van der Waals surface area contributed by atoms with Gasteiger partial charge in [0.1, 0.15) is 0 Å². The van der Waals surface area contributed by atoms with Crippen molar-refractivity contribution in [2.75, 3.05) is 18.6 Å². The number of esters is 1. The summed E-state index contributed by atoms with van der Waals surface area (Å²) < 4.78 is 27.1. The van der Waals surface area contributed by atoms with Gasteiger partial charge in [-0.05, 0) is 12.8 Å².